The van der Waals surface area contributed by atoms with Crippen LogP contribution in [0.15, 0.2) is 231 Å². The number of para-hydroxylation sites is 4. The van der Waals surface area contributed by atoms with E-state index in [1.165, 1.54) is 50.3 Å². The minimum atomic E-state index is -0.530. The Bertz CT molecular complexity index is 3470. The largest absolute Gasteiger partial charge is 0.310 e. The molecule has 13 rings (SSSR count). The average Bonchev–Trinajstić information content (AvgIpc) is 3.85. The normalized spacial score (nSPS) is 13.2. The van der Waals surface area contributed by atoms with Crippen molar-refractivity contribution in [1.29, 1.82) is 0 Å². The van der Waals surface area contributed by atoms with Crippen molar-refractivity contribution in [1.82, 2.24) is 14.5 Å². The summed E-state index contributed by atoms with van der Waals surface area (Å²) >= 11 is 0. The Kier molecular flexibility index (Phi) is 7.79. The number of hydrogen-bond donors (Lipinski definition) is 0. The zero-order valence-electron chi connectivity index (χ0n) is 34.2. The van der Waals surface area contributed by atoms with E-state index >= 15 is 0 Å². The Morgan fingerprint density at radius 1 is 0.333 bits per heavy atom. The molecular formula is C59H38N4. The molecule has 2 aromatic heterocycles. The van der Waals surface area contributed by atoms with Crippen molar-refractivity contribution in [3.8, 4) is 50.7 Å². The molecule has 4 nitrogen and oxygen atoms in total. The average molecular weight is 803 g/mol. The highest BCUT2D eigenvalue weighted by atomic mass is 15.2. The zero-order valence-corrected chi connectivity index (χ0v) is 34.2. The van der Waals surface area contributed by atoms with Crippen LogP contribution in [0.4, 0.5) is 17.1 Å². The van der Waals surface area contributed by atoms with Crippen molar-refractivity contribution in [3.63, 3.8) is 0 Å². The van der Waals surface area contributed by atoms with Gasteiger partial charge in [-0.3, -0.25) is 4.57 Å². The molecule has 0 amide bonds. The molecule has 1 aliphatic heterocycles. The minimum absolute atomic E-state index is 0.530. The number of benzene rings is 9. The maximum absolute atomic E-state index is 5.27. The Balaban J connectivity index is 1.02. The van der Waals surface area contributed by atoms with Gasteiger partial charge in [-0.1, -0.05) is 176 Å². The molecule has 1 spiro atoms. The SMILES string of the molecule is c1ccc(-c2cc(-c3ccccc3)nc(-n3c4ccccc4c4cc(-c5ccc6c(c5)C5(c7ccccc7-6)c6ccccc6N(c6ccccc6)c6ccccc65)ccc43)n2)cc1. The van der Waals surface area contributed by atoms with E-state index in [4.69, 9.17) is 9.97 Å². The molecule has 1 aliphatic carbocycles. The smallest absolute Gasteiger partial charge is 0.235 e. The highest BCUT2D eigenvalue weighted by Gasteiger charge is 2.51. The summed E-state index contributed by atoms with van der Waals surface area (Å²) in [4.78, 5) is 13.0. The predicted molar refractivity (Wildman–Crippen MR) is 258 cm³/mol. The Hall–Kier alpha value is -8.34. The lowest BCUT2D eigenvalue weighted by Gasteiger charge is -2.45. The van der Waals surface area contributed by atoms with Crippen LogP contribution in [0.5, 0.6) is 0 Å². The van der Waals surface area contributed by atoms with Crippen molar-refractivity contribution in [2.24, 2.45) is 0 Å². The van der Waals surface area contributed by atoms with Crippen LogP contribution in [0.3, 0.4) is 0 Å². The molecule has 0 N–H and O–H groups in total. The highest BCUT2D eigenvalue weighted by molar-refractivity contribution is 6.10. The Labute approximate surface area is 365 Å². The van der Waals surface area contributed by atoms with Crippen molar-refractivity contribution >= 4 is 38.9 Å². The summed E-state index contributed by atoms with van der Waals surface area (Å²) in [6.07, 6.45) is 0. The summed E-state index contributed by atoms with van der Waals surface area (Å²) in [5.74, 6) is 0.644. The fraction of sp³-hybridized carbons (Fsp3) is 0.0169. The number of fused-ring (bicyclic) bond motifs is 12. The van der Waals surface area contributed by atoms with Crippen molar-refractivity contribution < 1.29 is 0 Å². The van der Waals surface area contributed by atoms with E-state index in [1.54, 1.807) is 0 Å². The third-order valence-corrected chi connectivity index (χ3v) is 13.2. The van der Waals surface area contributed by atoms with Crippen LogP contribution >= 0.6 is 0 Å². The van der Waals surface area contributed by atoms with Crippen LogP contribution < -0.4 is 4.90 Å². The van der Waals surface area contributed by atoms with Gasteiger partial charge >= 0.3 is 0 Å². The highest BCUT2D eigenvalue weighted by Crippen LogP contribution is 2.63. The number of hydrogen-bond acceptors (Lipinski definition) is 3. The molecule has 3 heterocycles. The fourth-order valence-electron chi connectivity index (χ4n) is 10.6. The first-order valence-corrected chi connectivity index (χ1v) is 21.6. The van der Waals surface area contributed by atoms with Crippen molar-refractivity contribution in [2.75, 3.05) is 4.90 Å². The zero-order chi connectivity index (χ0) is 41.5. The molecule has 0 radical (unpaired) electrons. The third kappa shape index (κ3) is 5.22. The molecule has 0 unspecified atom stereocenters. The molecule has 9 aromatic carbocycles. The quantitative estimate of drug-likeness (QED) is 0.174. The Morgan fingerprint density at radius 3 is 1.52 bits per heavy atom. The van der Waals surface area contributed by atoms with E-state index in [2.05, 4.69) is 228 Å². The molecule has 0 fully saturated rings. The third-order valence-electron chi connectivity index (χ3n) is 13.2. The van der Waals surface area contributed by atoms with Crippen molar-refractivity contribution in [3.05, 3.63) is 253 Å². The molecule has 2 aliphatic rings. The number of nitrogens with zero attached hydrogens (tertiary/aromatic N) is 4. The van der Waals surface area contributed by atoms with E-state index in [9.17, 15) is 0 Å². The van der Waals surface area contributed by atoms with Crippen LogP contribution in [0, 0.1) is 0 Å². The van der Waals surface area contributed by atoms with Gasteiger partial charge in [0.25, 0.3) is 0 Å². The van der Waals surface area contributed by atoms with Gasteiger partial charge in [0, 0.05) is 27.6 Å². The summed E-state index contributed by atoms with van der Waals surface area (Å²) in [5.41, 5.74) is 19.1. The molecule has 0 saturated heterocycles. The molecule has 4 heteroatoms. The van der Waals surface area contributed by atoms with Gasteiger partial charge in [0.05, 0.1) is 39.2 Å². The number of aromatic nitrogens is 3. The van der Waals surface area contributed by atoms with E-state index in [-0.39, 0.29) is 0 Å². The first-order chi connectivity index (χ1) is 31.3. The lowest BCUT2D eigenvalue weighted by molar-refractivity contribution is 0.753. The molecule has 0 bridgehead atoms. The molecule has 294 valence electrons. The topological polar surface area (TPSA) is 34.0 Å². The number of anilines is 3. The first-order valence-electron chi connectivity index (χ1n) is 21.6. The van der Waals surface area contributed by atoms with Crippen LogP contribution in [0.2, 0.25) is 0 Å². The first kappa shape index (κ1) is 35.4. The molecule has 0 saturated carbocycles. The van der Waals surface area contributed by atoms with Gasteiger partial charge in [0.2, 0.25) is 5.95 Å². The fourth-order valence-corrected chi connectivity index (χ4v) is 10.6. The monoisotopic (exact) mass is 802 g/mol. The molecule has 11 aromatic rings. The molecule has 0 atom stereocenters. The van der Waals surface area contributed by atoms with E-state index in [0.29, 0.717) is 5.95 Å². The van der Waals surface area contributed by atoms with E-state index < -0.39 is 5.41 Å². The summed E-state index contributed by atoms with van der Waals surface area (Å²) in [5, 5.41) is 2.31. The summed E-state index contributed by atoms with van der Waals surface area (Å²) in [7, 11) is 0. The summed E-state index contributed by atoms with van der Waals surface area (Å²) < 4.78 is 2.23. The van der Waals surface area contributed by atoms with Gasteiger partial charge in [0.15, 0.2) is 0 Å². The van der Waals surface area contributed by atoms with Gasteiger partial charge in [-0.15, -0.1) is 0 Å². The van der Waals surface area contributed by atoms with Crippen LogP contribution in [0.1, 0.15) is 22.3 Å². The van der Waals surface area contributed by atoms with Gasteiger partial charge in [-0.25, -0.2) is 9.97 Å². The van der Waals surface area contributed by atoms with Gasteiger partial charge in [-0.2, -0.15) is 0 Å². The lowest BCUT2D eigenvalue weighted by atomic mass is 9.64. The predicted octanol–water partition coefficient (Wildman–Crippen LogP) is 14.7. The maximum Gasteiger partial charge on any atom is 0.235 e. The van der Waals surface area contributed by atoms with Crippen LogP contribution in [-0.4, -0.2) is 14.5 Å². The van der Waals surface area contributed by atoms with E-state index in [1.807, 2.05) is 12.1 Å². The van der Waals surface area contributed by atoms with Crippen molar-refractivity contribution in [2.45, 2.75) is 5.41 Å². The molecule has 63 heavy (non-hydrogen) atoms. The van der Waals surface area contributed by atoms with Gasteiger partial charge < -0.3 is 4.90 Å². The second kappa shape index (κ2) is 13.8. The second-order valence-corrected chi connectivity index (χ2v) is 16.5. The lowest BCUT2D eigenvalue weighted by Crippen LogP contribution is -2.36. The number of rotatable bonds is 5. The van der Waals surface area contributed by atoms with Crippen LogP contribution in [-0.2, 0) is 5.41 Å². The summed E-state index contributed by atoms with van der Waals surface area (Å²) in [6.45, 7) is 0. The minimum Gasteiger partial charge on any atom is -0.310 e. The van der Waals surface area contributed by atoms with Gasteiger partial charge in [0.1, 0.15) is 0 Å². The summed E-state index contributed by atoms with van der Waals surface area (Å²) in [6, 6.07) is 83.4. The second-order valence-electron chi connectivity index (χ2n) is 16.5. The van der Waals surface area contributed by atoms with E-state index in [0.717, 1.165) is 55.6 Å². The Morgan fingerprint density at radius 2 is 0.841 bits per heavy atom. The van der Waals surface area contributed by atoms with Gasteiger partial charge in [-0.05, 0) is 99.1 Å². The standard InChI is InChI=1S/C59H38N4/c1-4-18-39(19-5-1)52-38-53(40-20-6-2-7-21-40)61-58(60-52)63-54-29-15-11-25-46(54)47-36-41(33-35-55(47)63)42-32-34-45-44-24-10-12-26-48(44)59(51(45)37-42)49-27-13-16-30-56(49)62(43-22-8-3-9-23-43)57-31-17-14-28-50(57)59/h1-38H. The van der Waals surface area contributed by atoms with Crippen LogP contribution in [0.25, 0.3) is 72.5 Å². The molecular weight excluding hydrogens is 765 g/mol. The maximum atomic E-state index is 5.27.